The van der Waals surface area contributed by atoms with Crippen LogP contribution in [0.1, 0.15) is 5.56 Å². The average molecular weight is 325 g/mol. The van der Waals surface area contributed by atoms with Crippen LogP contribution in [-0.2, 0) is 6.61 Å². The zero-order valence-electron chi connectivity index (χ0n) is 11.9. The van der Waals surface area contributed by atoms with E-state index in [2.05, 4.69) is 43.9 Å². The molecule has 0 amide bonds. The van der Waals surface area contributed by atoms with Gasteiger partial charge in [0.2, 0.25) is 0 Å². The third-order valence-electron chi connectivity index (χ3n) is 3.11. The summed E-state index contributed by atoms with van der Waals surface area (Å²) in [5, 5.41) is 2.65. The molecular weight excluding hydrogens is 307 g/mol. The molecule has 0 saturated carbocycles. The van der Waals surface area contributed by atoms with Crippen LogP contribution in [0.4, 0.5) is 0 Å². The lowest BCUT2D eigenvalue weighted by molar-refractivity contribution is 0.306. The van der Waals surface area contributed by atoms with Crippen LogP contribution in [0.25, 0.3) is 0 Å². The minimum atomic E-state index is -1.24. The highest BCUT2D eigenvalue weighted by molar-refractivity contribution is 6.88. The zero-order chi connectivity index (χ0) is 14.8. The standard InChI is InChI=1S/C16H18Cl2OSi/c1-20(2,3)14-7-4-12(5-8-14)11-19-16-10-13(17)6-9-15(16)18/h4-10H,11H2,1-3H3. The maximum Gasteiger partial charge on any atom is 0.139 e. The molecule has 0 heterocycles. The maximum atomic E-state index is 6.07. The van der Waals surface area contributed by atoms with E-state index in [9.17, 15) is 0 Å². The summed E-state index contributed by atoms with van der Waals surface area (Å²) in [7, 11) is -1.24. The smallest absolute Gasteiger partial charge is 0.139 e. The van der Waals surface area contributed by atoms with Gasteiger partial charge in [0, 0.05) is 11.1 Å². The minimum absolute atomic E-state index is 0.492. The third-order valence-corrected chi connectivity index (χ3v) is 5.72. The second-order valence-electron chi connectivity index (χ2n) is 5.81. The number of rotatable bonds is 4. The van der Waals surface area contributed by atoms with Gasteiger partial charge in [-0.25, -0.2) is 0 Å². The van der Waals surface area contributed by atoms with E-state index in [0.717, 1.165) is 5.56 Å². The van der Waals surface area contributed by atoms with Gasteiger partial charge in [0.05, 0.1) is 13.1 Å². The van der Waals surface area contributed by atoms with Crippen molar-refractivity contribution in [2.45, 2.75) is 26.2 Å². The van der Waals surface area contributed by atoms with Crippen LogP contribution in [0.3, 0.4) is 0 Å². The summed E-state index contributed by atoms with van der Waals surface area (Å²) in [6.45, 7) is 7.50. The molecule has 2 rings (SSSR count). The number of ether oxygens (including phenoxy) is 1. The first-order valence-corrected chi connectivity index (χ1v) is 10.8. The van der Waals surface area contributed by atoms with Gasteiger partial charge in [0.15, 0.2) is 0 Å². The normalized spacial score (nSPS) is 11.4. The van der Waals surface area contributed by atoms with Crippen LogP contribution in [0.15, 0.2) is 42.5 Å². The Morgan fingerprint density at radius 3 is 2.20 bits per heavy atom. The largest absolute Gasteiger partial charge is 0.487 e. The fraction of sp³-hybridized carbons (Fsp3) is 0.250. The molecule has 20 heavy (non-hydrogen) atoms. The van der Waals surface area contributed by atoms with E-state index in [0.29, 0.717) is 22.4 Å². The lowest BCUT2D eigenvalue weighted by Crippen LogP contribution is -2.37. The SMILES string of the molecule is C[Si](C)(C)c1ccc(COc2cc(Cl)ccc2Cl)cc1. The van der Waals surface area contributed by atoms with Gasteiger partial charge in [-0.1, -0.05) is 72.3 Å². The van der Waals surface area contributed by atoms with E-state index in [-0.39, 0.29) is 0 Å². The summed E-state index contributed by atoms with van der Waals surface area (Å²) in [6.07, 6.45) is 0. The van der Waals surface area contributed by atoms with Crippen molar-refractivity contribution in [2.24, 2.45) is 0 Å². The quantitative estimate of drug-likeness (QED) is 0.709. The fourth-order valence-corrected chi connectivity index (χ4v) is 3.35. The van der Waals surface area contributed by atoms with Crippen molar-refractivity contribution in [1.82, 2.24) is 0 Å². The van der Waals surface area contributed by atoms with Gasteiger partial charge in [-0.3, -0.25) is 0 Å². The number of hydrogen-bond acceptors (Lipinski definition) is 1. The number of hydrogen-bond donors (Lipinski definition) is 0. The minimum Gasteiger partial charge on any atom is -0.487 e. The lowest BCUT2D eigenvalue weighted by Gasteiger charge is -2.17. The highest BCUT2D eigenvalue weighted by Crippen LogP contribution is 2.28. The summed E-state index contributed by atoms with van der Waals surface area (Å²) < 4.78 is 5.72. The van der Waals surface area contributed by atoms with E-state index in [1.54, 1.807) is 18.2 Å². The summed E-state index contributed by atoms with van der Waals surface area (Å²) in [6, 6.07) is 13.9. The van der Waals surface area contributed by atoms with Gasteiger partial charge >= 0.3 is 0 Å². The van der Waals surface area contributed by atoms with E-state index in [1.807, 2.05) is 0 Å². The molecule has 0 fully saturated rings. The predicted molar refractivity (Wildman–Crippen MR) is 90.2 cm³/mol. The Bertz CT molecular complexity index is 588. The van der Waals surface area contributed by atoms with Gasteiger partial charge in [-0.15, -0.1) is 0 Å². The van der Waals surface area contributed by atoms with Crippen molar-refractivity contribution in [3.05, 3.63) is 58.1 Å². The van der Waals surface area contributed by atoms with Crippen molar-refractivity contribution in [1.29, 1.82) is 0 Å². The Labute approximate surface area is 131 Å². The van der Waals surface area contributed by atoms with E-state index in [4.69, 9.17) is 27.9 Å². The van der Waals surface area contributed by atoms with Crippen LogP contribution in [0.2, 0.25) is 29.7 Å². The predicted octanol–water partition coefficient (Wildman–Crippen LogP) is 5.12. The molecule has 0 N–H and O–H groups in total. The van der Waals surface area contributed by atoms with Crippen molar-refractivity contribution in [3.8, 4) is 5.75 Å². The van der Waals surface area contributed by atoms with Crippen molar-refractivity contribution in [3.63, 3.8) is 0 Å². The van der Waals surface area contributed by atoms with Crippen LogP contribution in [-0.4, -0.2) is 8.07 Å². The molecule has 0 radical (unpaired) electrons. The van der Waals surface area contributed by atoms with E-state index >= 15 is 0 Å². The van der Waals surface area contributed by atoms with Gasteiger partial charge in [-0.05, 0) is 17.7 Å². The molecule has 0 bridgehead atoms. The van der Waals surface area contributed by atoms with E-state index < -0.39 is 8.07 Å². The molecular formula is C16H18Cl2OSi. The Morgan fingerprint density at radius 2 is 1.60 bits per heavy atom. The third kappa shape index (κ3) is 4.01. The van der Waals surface area contributed by atoms with Crippen molar-refractivity contribution < 1.29 is 4.74 Å². The first kappa shape index (κ1) is 15.4. The topological polar surface area (TPSA) is 9.23 Å². The molecule has 0 atom stereocenters. The Morgan fingerprint density at radius 1 is 0.950 bits per heavy atom. The Kier molecular flexibility index (Phi) is 4.79. The number of halogens is 2. The Balaban J connectivity index is 2.06. The average Bonchev–Trinajstić information content (AvgIpc) is 2.39. The highest BCUT2D eigenvalue weighted by atomic mass is 35.5. The summed E-state index contributed by atoms with van der Waals surface area (Å²) >= 11 is 12.0. The lowest BCUT2D eigenvalue weighted by atomic mass is 10.2. The highest BCUT2D eigenvalue weighted by Gasteiger charge is 2.15. The molecule has 1 nitrogen and oxygen atoms in total. The van der Waals surface area contributed by atoms with Crippen LogP contribution in [0.5, 0.6) is 5.75 Å². The molecule has 106 valence electrons. The molecule has 0 unspecified atom stereocenters. The molecule has 0 aliphatic rings. The molecule has 2 aromatic rings. The summed E-state index contributed by atoms with van der Waals surface area (Å²) in [4.78, 5) is 0. The second kappa shape index (κ2) is 6.21. The monoisotopic (exact) mass is 324 g/mol. The first-order chi connectivity index (χ1) is 9.36. The molecule has 0 spiro atoms. The number of benzene rings is 2. The second-order valence-corrected chi connectivity index (χ2v) is 11.7. The van der Waals surface area contributed by atoms with Gasteiger partial charge in [0.25, 0.3) is 0 Å². The Hall–Kier alpha value is -0.963. The molecule has 2 aromatic carbocycles. The zero-order valence-corrected chi connectivity index (χ0v) is 14.4. The summed E-state index contributed by atoms with van der Waals surface area (Å²) in [5.74, 6) is 0.619. The molecule has 0 aromatic heterocycles. The van der Waals surface area contributed by atoms with Crippen molar-refractivity contribution in [2.75, 3.05) is 0 Å². The summed E-state index contributed by atoms with van der Waals surface area (Å²) in [5.41, 5.74) is 1.13. The molecule has 4 heteroatoms. The van der Waals surface area contributed by atoms with Gasteiger partial charge in [-0.2, -0.15) is 0 Å². The van der Waals surface area contributed by atoms with E-state index in [1.165, 1.54) is 5.19 Å². The van der Waals surface area contributed by atoms with Gasteiger partial charge < -0.3 is 4.74 Å². The van der Waals surface area contributed by atoms with Crippen molar-refractivity contribution >= 4 is 36.5 Å². The molecule has 0 aliphatic heterocycles. The first-order valence-electron chi connectivity index (χ1n) is 6.53. The molecule has 0 aliphatic carbocycles. The van der Waals surface area contributed by atoms with Crippen LogP contribution in [0, 0.1) is 0 Å². The maximum absolute atomic E-state index is 6.07. The fourth-order valence-electron chi connectivity index (χ4n) is 1.85. The van der Waals surface area contributed by atoms with Gasteiger partial charge in [0.1, 0.15) is 12.4 Å². The van der Waals surface area contributed by atoms with Crippen LogP contribution >= 0.6 is 23.2 Å². The van der Waals surface area contributed by atoms with Crippen LogP contribution < -0.4 is 9.92 Å². The molecule has 0 saturated heterocycles.